The highest BCUT2D eigenvalue weighted by molar-refractivity contribution is 5.72. The predicted octanol–water partition coefficient (Wildman–Crippen LogP) is 6.52. The minimum absolute atomic E-state index is 0.570. The largest absolute Gasteiger partial charge is 0.0619 e. The van der Waals surface area contributed by atoms with Gasteiger partial charge in [0.15, 0.2) is 0 Å². The lowest BCUT2D eigenvalue weighted by Gasteiger charge is -2.25. The van der Waals surface area contributed by atoms with Crippen molar-refractivity contribution in [1.29, 1.82) is 0 Å². The summed E-state index contributed by atoms with van der Waals surface area (Å²) in [5.41, 5.74) is 5.95. The van der Waals surface area contributed by atoms with Crippen LogP contribution >= 0.6 is 0 Å². The van der Waals surface area contributed by atoms with Gasteiger partial charge < -0.3 is 0 Å². The first-order valence-electron chi connectivity index (χ1n) is 8.45. The van der Waals surface area contributed by atoms with Crippen LogP contribution in [0.3, 0.4) is 0 Å². The van der Waals surface area contributed by atoms with Crippen LogP contribution in [0.25, 0.3) is 11.1 Å². The van der Waals surface area contributed by atoms with Gasteiger partial charge in [-0.15, -0.1) is 0 Å². The van der Waals surface area contributed by atoms with Gasteiger partial charge in [0.25, 0.3) is 0 Å². The van der Waals surface area contributed by atoms with Gasteiger partial charge in [0.05, 0.1) is 0 Å². The molecule has 1 fully saturated rings. The van der Waals surface area contributed by atoms with Gasteiger partial charge in [-0.1, -0.05) is 81.6 Å². The summed E-state index contributed by atoms with van der Waals surface area (Å²) in [5, 5.41) is 0. The number of hydrogen-bond acceptors (Lipinski definition) is 0. The van der Waals surface area contributed by atoms with Gasteiger partial charge in [0.1, 0.15) is 0 Å². The molecule has 21 heavy (non-hydrogen) atoms. The lowest BCUT2D eigenvalue weighted by Crippen LogP contribution is -2.06. The zero-order chi connectivity index (χ0) is 14.7. The van der Waals surface area contributed by atoms with Crippen LogP contribution < -0.4 is 0 Å². The highest BCUT2D eigenvalue weighted by Gasteiger charge is 2.20. The van der Waals surface area contributed by atoms with Gasteiger partial charge in [-0.25, -0.2) is 0 Å². The highest BCUT2D eigenvalue weighted by atomic mass is 14.2. The molecule has 2 aromatic carbocycles. The summed E-state index contributed by atoms with van der Waals surface area (Å²) in [6, 6.07) is 18.0. The topological polar surface area (TPSA) is 0 Å². The second-order valence-corrected chi connectivity index (χ2v) is 6.66. The molecule has 0 atom stereocenters. The average molecular weight is 278 g/mol. The van der Waals surface area contributed by atoms with Crippen molar-refractivity contribution in [1.82, 2.24) is 0 Å². The fourth-order valence-corrected chi connectivity index (χ4v) is 3.76. The van der Waals surface area contributed by atoms with E-state index in [2.05, 4.69) is 62.4 Å². The van der Waals surface area contributed by atoms with E-state index in [1.165, 1.54) is 48.8 Å². The van der Waals surface area contributed by atoms with E-state index >= 15 is 0 Å². The van der Waals surface area contributed by atoms with Crippen molar-refractivity contribution in [2.24, 2.45) is 0 Å². The zero-order valence-corrected chi connectivity index (χ0v) is 13.3. The summed E-state index contributed by atoms with van der Waals surface area (Å²) < 4.78 is 0. The summed E-state index contributed by atoms with van der Waals surface area (Å²) in [4.78, 5) is 0. The van der Waals surface area contributed by atoms with E-state index in [1.807, 2.05) is 0 Å². The van der Waals surface area contributed by atoms with E-state index in [4.69, 9.17) is 0 Å². The summed E-state index contributed by atoms with van der Waals surface area (Å²) in [5.74, 6) is 1.33. The van der Waals surface area contributed by atoms with Crippen LogP contribution in [0.5, 0.6) is 0 Å². The Morgan fingerprint density at radius 1 is 0.762 bits per heavy atom. The molecule has 3 rings (SSSR count). The first-order chi connectivity index (χ1) is 10.3. The Labute approximate surface area is 129 Å². The molecule has 0 unspecified atom stereocenters. The lowest BCUT2D eigenvalue weighted by molar-refractivity contribution is 0.444. The third-order valence-electron chi connectivity index (χ3n) is 4.88. The molecule has 0 nitrogen and oxygen atoms in total. The first kappa shape index (κ1) is 14.4. The number of hydrogen-bond donors (Lipinski definition) is 0. The van der Waals surface area contributed by atoms with Crippen LogP contribution in [0.1, 0.15) is 68.9 Å². The Hall–Kier alpha value is -1.56. The Bertz CT molecular complexity index is 588. The Morgan fingerprint density at radius 3 is 2.10 bits per heavy atom. The normalized spacial score (nSPS) is 16.3. The average Bonchev–Trinajstić information content (AvgIpc) is 2.55. The molecule has 0 N–H and O–H groups in total. The first-order valence-corrected chi connectivity index (χ1v) is 8.45. The minimum Gasteiger partial charge on any atom is -0.0619 e. The molecule has 0 aromatic heterocycles. The van der Waals surface area contributed by atoms with Crippen molar-refractivity contribution in [3.8, 4) is 11.1 Å². The van der Waals surface area contributed by atoms with E-state index in [-0.39, 0.29) is 0 Å². The fraction of sp³-hybridized carbons (Fsp3) is 0.429. The van der Waals surface area contributed by atoms with Crippen LogP contribution in [0.4, 0.5) is 0 Å². The van der Waals surface area contributed by atoms with Crippen molar-refractivity contribution in [2.45, 2.75) is 57.8 Å². The maximum absolute atomic E-state index is 2.36. The summed E-state index contributed by atoms with van der Waals surface area (Å²) >= 11 is 0. The van der Waals surface area contributed by atoms with Crippen molar-refractivity contribution in [3.05, 3.63) is 59.7 Å². The standard InChI is InChI=1S/C21H26/c1-16(2)18-12-6-8-14-20(18)21-15-9-7-13-19(21)17-10-4-3-5-11-17/h6-9,12-17H,3-5,10-11H2,1-2H3. The van der Waals surface area contributed by atoms with E-state index in [0.29, 0.717) is 5.92 Å². The highest BCUT2D eigenvalue weighted by Crippen LogP contribution is 2.39. The fourth-order valence-electron chi connectivity index (χ4n) is 3.76. The van der Waals surface area contributed by atoms with Gasteiger partial charge in [0, 0.05) is 0 Å². The predicted molar refractivity (Wildman–Crippen MR) is 91.8 cm³/mol. The van der Waals surface area contributed by atoms with Crippen molar-refractivity contribution in [2.75, 3.05) is 0 Å². The molecule has 1 aliphatic carbocycles. The van der Waals surface area contributed by atoms with Gasteiger partial charge in [-0.05, 0) is 46.9 Å². The number of benzene rings is 2. The van der Waals surface area contributed by atoms with Gasteiger partial charge >= 0.3 is 0 Å². The summed E-state index contributed by atoms with van der Waals surface area (Å²) in [6.07, 6.45) is 6.93. The van der Waals surface area contributed by atoms with E-state index in [9.17, 15) is 0 Å². The Balaban J connectivity index is 2.07. The molecule has 0 heteroatoms. The summed E-state index contributed by atoms with van der Waals surface area (Å²) in [6.45, 7) is 4.59. The maximum Gasteiger partial charge on any atom is -0.0146 e. The van der Waals surface area contributed by atoms with Crippen molar-refractivity contribution in [3.63, 3.8) is 0 Å². The van der Waals surface area contributed by atoms with Gasteiger partial charge in [0.2, 0.25) is 0 Å². The molecule has 110 valence electrons. The summed E-state index contributed by atoms with van der Waals surface area (Å²) in [7, 11) is 0. The Morgan fingerprint density at radius 2 is 1.38 bits per heavy atom. The van der Waals surface area contributed by atoms with Gasteiger partial charge in [-0.3, -0.25) is 0 Å². The molecular formula is C21H26. The Kier molecular flexibility index (Phi) is 4.43. The van der Waals surface area contributed by atoms with E-state index in [1.54, 1.807) is 5.56 Å². The molecule has 0 aliphatic heterocycles. The van der Waals surface area contributed by atoms with Crippen molar-refractivity contribution >= 4 is 0 Å². The van der Waals surface area contributed by atoms with Crippen LogP contribution in [-0.2, 0) is 0 Å². The smallest absolute Gasteiger partial charge is 0.0146 e. The quantitative estimate of drug-likeness (QED) is 0.599. The second kappa shape index (κ2) is 6.47. The lowest BCUT2D eigenvalue weighted by atomic mass is 9.79. The molecule has 0 spiro atoms. The van der Waals surface area contributed by atoms with Crippen LogP contribution in [-0.4, -0.2) is 0 Å². The van der Waals surface area contributed by atoms with Crippen molar-refractivity contribution < 1.29 is 0 Å². The van der Waals surface area contributed by atoms with Crippen LogP contribution in [0.15, 0.2) is 48.5 Å². The van der Waals surface area contributed by atoms with E-state index < -0.39 is 0 Å². The third kappa shape index (κ3) is 3.05. The molecule has 1 saturated carbocycles. The molecule has 0 bridgehead atoms. The van der Waals surface area contributed by atoms with E-state index in [0.717, 1.165) is 5.92 Å². The zero-order valence-electron chi connectivity index (χ0n) is 13.3. The molecule has 0 radical (unpaired) electrons. The third-order valence-corrected chi connectivity index (χ3v) is 4.88. The van der Waals surface area contributed by atoms with Crippen LogP contribution in [0.2, 0.25) is 0 Å². The SMILES string of the molecule is CC(C)c1ccccc1-c1ccccc1C1CCCCC1. The molecule has 1 aliphatic rings. The molecular weight excluding hydrogens is 252 g/mol. The molecule has 2 aromatic rings. The minimum atomic E-state index is 0.570. The monoisotopic (exact) mass is 278 g/mol. The second-order valence-electron chi connectivity index (χ2n) is 6.66. The maximum atomic E-state index is 2.36. The van der Waals surface area contributed by atoms with Gasteiger partial charge in [-0.2, -0.15) is 0 Å². The van der Waals surface area contributed by atoms with Crippen LogP contribution in [0, 0.1) is 0 Å². The molecule has 0 saturated heterocycles. The number of rotatable bonds is 3. The molecule has 0 heterocycles. The molecule has 0 amide bonds.